The van der Waals surface area contributed by atoms with Crippen LogP contribution in [0.2, 0.25) is 5.02 Å². The van der Waals surface area contributed by atoms with Gasteiger partial charge in [-0.1, -0.05) is 41.9 Å². The van der Waals surface area contributed by atoms with Crippen LogP contribution >= 0.6 is 11.6 Å². The molecule has 3 aromatic carbocycles. The molecular formula is C22H18ClNO3. The summed E-state index contributed by atoms with van der Waals surface area (Å²) in [4.78, 5) is 24.2. The predicted octanol–water partition coefficient (Wildman–Crippen LogP) is 5.13. The van der Waals surface area contributed by atoms with Crippen LogP contribution in [0.15, 0.2) is 78.9 Å². The Labute approximate surface area is 162 Å². The van der Waals surface area contributed by atoms with Gasteiger partial charge in [-0.25, -0.2) is 0 Å². The van der Waals surface area contributed by atoms with Gasteiger partial charge in [0.25, 0.3) is 5.91 Å². The first kappa shape index (κ1) is 18.7. The Balaban J connectivity index is 1.52. The number of benzene rings is 3. The third-order valence-electron chi connectivity index (χ3n) is 3.89. The third kappa shape index (κ3) is 5.69. The predicted molar refractivity (Wildman–Crippen MR) is 106 cm³/mol. The monoisotopic (exact) mass is 379 g/mol. The number of rotatable bonds is 6. The van der Waals surface area contributed by atoms with Gasteiger partial charge in [0, 0.05) is 22.7 Å². The summed E-state index contributed by atoms with van der Waals surface area (Å²) in [7, 11) is 0. The van der Waals surface area contributed by atoms with Crippen LogP contribution in [0.3, 0.4) is 0 Å². The van der Waals surface area contributed by atoms with Crippen LogP contribution in [0.1, 0.15) is 22.3 Å². The molecule has 27 heavy (non-hydrogen) atoms. The summed E-state index contributed by atoms with van der Waals surface area (Å²) in [6.45, 7) is 0. The van der Waals surface area contributed by atoms with Crippen LogP contribution in [0.25, 0.3) is 0 Å². The maximum absolute atomic E-state index is 12.2. The molecule has 0 radical (unpaired) electrons. The zero-order valence-electron chi connectivity index (χ0n) is 14.5. The standard InChI is InChI=1S/C22H18ClNO3/c23-18-6-4-5-16(15-18)9-14-21(25)27-20-12-10-17(11-13-20)22(26)24-19-7-2-1-3-8-19/h1-8,10-13,15H,9,14H2,(H,24,26). The largest absolute Gasteiger partial charge is 0.427 e. The van der Waals surface area contributed by atoms with Gasteiger partial charge in [-0.05, 0) is 60.5 Å². The zero-order valence-corrected chi connectivity index (χ0v) is 15.3. The second kappa shape index (κ2) is 9.01. The van der Waals surface area contributed by atoms with Crippen molar-refractivity contribution in [3.8, 4) is 5.75 Å². The average molecular weight is 380 g/mol. The molecule has 0 aliphatic carbocycles. The van der Waals surface area contributed by atoms with Gasteiger partial charge in [-0.3, -0.25) is 9.59 Å². The van der Waals surface area contributed by atoms with E-state index < -0.39 is 0 Å². The highest BCUT2D eigenvalue weighted by Gasteiger charge is 2.09. The van der Waals surface area contributed by atoms with Gasteiger partial charge in [-0.15, -0.1) is 0 Å². The lowest BCUT2D eigenvalue weighted by molar-refractivity contribution is -0.134. The van der Waals surface area contributed by atoms with Gasteiger partial charge in [0.05, 0.1) is 0 Å². The van der Waals surface area contributed by atoms with Crippen LogP contribution in [0, 0.1) is 0 Å². The Morgan fingerprint density at radius 1 is 0.889 bits per heavy atom. The molecule has 136 valence electrons. The fourth-order valence-corrected chi connectivity index (χ4v) is 2.73. The highest BCUT2D eigenvalue weighted by molar-refractivity contribution is 6.30. The molecule has 0 heterocycles. The molecule has 0 unspecified atom stereocenters. The summed E-state index contributed by atoms with van der Waals surface area (Å²) >= 11 is 5.93. The number of nitrogens with one attached hydrogen (secondary N) is 1. The first-order valence-corrected chi connectivity index (χ1v) is 8.89. The molecule has 1 N–H and O–H groups in total. The topological polar surface area (TPSA) is 55.4 Å². The fraction of sp³-hybridized carbons (Fsp3) is 0.0909. The van der Waals surface area contributed by atoms with Crippen molar-refractivity contribution in [3.05, 3.63) is 95.0 Å². The molecule has 0 saturated heterocycles. The van der Waals surface area contributed by atoms with Crippen molar-refractivity contribution in [2.45, 2.75) is 12.8 Å². The van der Waals surface area contributed by atoms with Crippen molar-refractivity contribution in [2.75, 3.05) is 5.32 Å². The number of aryl methyl sites for hydroxylation is 1. The number of halogens is 1. The van der Waals surface area contributed by atoms with E-state index in [1.807, 2.05) is 48.5 Å². The summed E-state index contributed by atoms with van der Waals surface area (Å²) in [5.41, 5.74) is 2.18. The highest BCUT2D eigenvalue weighted by atomic mass is 35.5. The van der Waals surface area contributed by atoms with E-state index in [9.17, 15) is 9.59 Å². The lowest BCUT2D eigenvalue weighted by atomic mass is 10.1. The van der Waals surface area contributed by atoms with Gasteiger partial charge in [0.15, 0.2) is 0 Å². The molecule has 3 rings (SSSR count). The summed E-state index contributed by atoms with van der Waals surface area (Å²) in [6.07, 6.45) is 0.799. The summed E-state index contributed by atoms with van der Waals surface area (Å²) in [5, 5.41) is 3.45. The van der Waals surface area contributed by atoms with E-state index in [0.29, 0.717) is 22.8 Å². The molecule has 0 aliphatic heterocycles. The van der Waals surface area contributed by atoms with Crippen LogP contribution in [0.4, 0.5) is 5.69 Å². The van der Waals surface area contributed by atoms with Crippen LogP contribution in [-0.4, -0.2) is 11.9 Å². The van der Waals surface area contributed by atoms with Crippen molar-refractivity contribution in [3.63, 3.8) is 0 Å². The quantitative estimate of drug-likeness (QED) is 0.477. The lowest BCUT2D eigenvalue weighted by Crippen LogP contribution is -2.12. The second-order valence-corrected chi connectivity index (χ2v) is 6.38. The fourth-order valence-electron chi connectivity index (χ4n) is 2.52. The minimum absolute atomic E-state index is 0.222. The van der Waals surface area contributed by atoms with Gasteiger partial charge >= 0.3 is 5.97 Å². The van der Waals surface area contributed by atoms with E-state index >= 15 is 0 Å². The Morgan fingerprint density at radius 3 is 2.33 bits per heavy atom. The molecule has 0 aromatic heterocycles. The molecule has 0 saturated carbocycles. The first-order chi connectivity index (χ1) is 13.1. The van der Waals surface area contributed by atoms with E-state index in [2.05, 4.69) is 5.32 Å². The molecule has 0 fully saturated rings. The highest BCUT2D eigenvalue weighted by Crippen LogP contribution is 2.16. The van der Waals surface area contributed by atoms with E-state index in [4.69, 9.17) is 16.3 Å². The molecular weight excluding hydrogens is 362 g/mol. The van der Waals surface area contributed by atoms with Crippen molar-refractivity contribution in [1.29, 1.82) is 0 Å². The van der Waals surface area contributed by atoms with E-state index in [0.717, 1.165) is 11.3 Å². The van der Waals surface area contributed by atoms with Crippen molar-refractivity contribution >= 4 is 29.2 Å². The summed E-state index contributed by atoms with van der Waals surface area (Å²) in [6, 6.07) is 23.1. The molecule has 0 bridgehead atoms. The maximum atomic E-state index is 12.2. The third-order valence-corrected chi connectivity index (χ3v) is 4.12. The smallest absolute Gasteiger partial charge is 0.311 e. The number of carbonyl (C=O) groups excluding carboxylic acids is 2. The number of ether oxygens (including phenoxy) is 1. The van der Waals surface area contributed by atoms with E-state index in [1.54, 1.807) is 30.3 Å². The number of para-hydroxylation sites is 1. The number of carbonyl (C=O) groups is 2. The van der Waals surface area contributed by atoms with Crippen molar-refractivity contribution < 1.29 is 14.3 Å². The molecule has 0 aliphatic rings. The lowest BCUT2D eigenvalue weighted by Gasteiger charge is -2.07. The number of amides is 1. The van der Waals surface area contributed by atoms with Gasteiger partial charge in [0.2, 0.25) is 0 Å². The van der Waals surface area contributed by atoms with Crippen molar-refractivity contribution in [2.24, 2.45) is 0 Å². The summed E-state index contributed by atoms with van der Waals surface area (Å²) in [5.74, 6) is -0.154. The Morgan fingerprint density at radius 2 is 1.63 bits per heavy atom. The minimum atomic E-state index is -0.337. The second-order valence-electron chi connectivity index (χ2n) is 5.95. The Hall–Kier alpha value is -3.11. The zero-order chi connectivity index (χ0) is 19.1. The number of esters is 1. The number of anilines is 1. The minimum Gasteiger partial charge on any atom is -0.427 e. The van der Waals surface area contributed by atoms with Gasteiger partial charge in [-0.2, -0.15) is 0 Å². The molecule has 5 heteroatoms. The Kier molecular flexibility index (Phi) is 6.23. The summed E-state index contributed by atoms with van der Waals surface area (Å²) < 4.78 is 5.32. The molecule has 0 atom stereocenters. The molecule has 0 spiro atoms. The number of hydrogen-bond donors (Lipinski definition) is 1. The average Bonchev–Trinajstić information content (AvgIpc) is 2.68. The molecule has 4 nitrogen and oxygen atoms in total. The van der Waals surface area contributed by atoms with Gasteiger partial charge in [0.1, 0.15) is 5.75 Å². The first-order valence-electron chi connectivity index (χ1n) is 8.52. The molecule has 3 aromatic rings. The Bertz CT molecular complexity index is 924. The normalized spacial score (nSPS) is 10.3. The maximum Gasteiger partial charge on any atom is 0.311 e. The SMILES string of the molecule is O=C(CCc1cccc(Cl)c1)Oc1ccc(C(=O)Nc2ccccc2)cc1. The van der Waals surface area contributed by atoms with Crippen LogP contribution < -0.4 is 10.1 Å². The van der Waals surface area contributed by atoms with Gasteiger partial charge < -0.3 is 10.1 Å². The van der Waals surface area contributed by atoms with Crippen molar-refractivity contribution in [1.82, 2.24) is 0 Å². The number of hydrogen-bond acceptors (Lipinski definition) is 3. The van der Waals surface area contributed by atoms with E-state index in [-0.39, 0.29) is 18.3 Å². The van der Waals surface area contributed by atoms with Crippen LogP contribution in [-0.2, 0) is 11.2 Å². The molecule has 1 amide bonds. The van der Waals surface area contributed by atoms with E-state index in [1.165, 1.54) is 0 Å². The van der Waals surface area contributed by atoms with Crippen LogP contribution in [0.5, 0.6) is 5.75 Å².